The predicted octanol–water partition coefficient (Wildman–Crippen LogP) is 1.30. The Hall–Kier alpha value is -2.44. The number of nitrogens with zero attached hydrogens (tertiary/aromatic N) is 1. The Balaban J connectivity index is 1.92. The van der Waals surface area contributed by atoms with Crippen LogP contribution >= 0.6 is 0 Å². The average Bonchev–Trinajstić information content (AvgIpc) is 3.05. The summed E-state index contributed by atoms with van der Waals surface area (Å²) in [7, 11) is 1.31. The molecule has 7 heteroatoms. The third-order valence-electron chi connectivity index (χ3n) is 3.23. The van der Waals surface area contributed by atoms with Crippen molar-refractivity contribution in [2.45, 2.75) is 12.5 Å². The smallest absolute Gasteiger partial charge is 0.414 e. The molecule has 7 nitrogen and oxygen atoms in total. The van der Waals surface area contributed by atoms with Crippen LogP contribution in [0.5, 0.6) is 11.5 Å². The number of hydrogen-bond donors (Lipinski definition) is 0. The number of anilines is 1. The minimum Gasteiger partial charge on any atom is -0.469 e. The molecule has 0 unspecified atom stereocenters. The first kappa shape index (κ1) is 12.6. The summed E-state index contributed by atoms with van der Waals surface area (Å²) < 4.78 is 20.3. The Morgan fingerprint density at radius 1 is 1.40 bits per heavy atom. The largest absolute Gasteiger partial charge is 0.469 e. The van der Waals surface area contributed by atoms with Crippen LogP contribution in [0.4, 0.5) is 10.5 Å². The normalized spacial score (nSPS) is 19.9. The zero-order valence-electron chi connectivity index (χ0n) is 10.8. The number of carbonyl (C=O) groups is 2. The van der Waals surface area contributed by atoms with Gasteiger partial charge in [0.2, 0.25) is 6.79 Å². The quantitative estimate of drug-likeness (QED) is 0.776. The number of ether oxygens (including phenoxy) is 4. The van der Waals surface area contributed by atoms with Gasteiger partial charge >= 0.3 is 12.1 Å². The molecule has 0 aromatic heterocycles. The summed E-state index contributed by atoms with van der Waals surface area (Å²) >= 11 is 0. The summed E-state index contributed by atoms with van der Waals surface area (Å²) in [6.45, 7) is 0.245. The predicted molar refractivity (Wildman–Crippen MR) is 66.8 cm³/mol. The first-order valence-electron chi connectivity index (χ1n) is 6.12. The Labute approximate surface area is 115 Å². The molecule has 0 spiro atoms. The Morgan fingerprint density at radius 3 is 3.05 bits per heavy atom. The van der Waals surface area contributed by atoms with Gasteiger partial charge in [-0.05, 0) is 12.1 Å². The molecule has 1 aromatic carbocycles. The van der Waals surface area contributed by atoms with Crippen molar-refractivity contribution in [2.75, 3.05) is 25.4 Å². The summed E-state index contributed by atoms with van der Waals surface area (Å²) in [5.41, 5.74) is 0.538. The van der Waals surface area contributed by atoms with Crippen LogP contribution in [0.1, 0.15) is 6.42 Å². The fourth-order valence-corrected chi connectivity index (χ4v) is 2.29. The summed E-state index contributed by atoms with van der Waals surface area (Å²) in [6.07, 6.45) is -0.449. The van der Waals surface area contributed by atoms with Crippen LogP contribution in [0, 0.1) is 0 Å². The van der Waals surface area contributed by atoms with Gasteiger partial charge in [-0.1, -0.05) is 6.07 Å². The van der Waals surface area contributed by atoms with Crippen LogP contribution in [0.2, 0.25) is 0 Å². The maximum absolute atomic E-state index is 11.9. The van der Waals surface area contributed by atoms with Gasteiger partial charge in [-0.25, -0.2) is 4.79 Å². The van der Waals surface area contributed by atoms with E-state index in [-0.39, 0.29) is 19.8 Å². The van der Waals surface area contributed by atoms with E-state index in [1.165, 1.54) is 12.0 Å². The molecule has 1 saturated heterocycles. The van der Waals surface area contributed by atoms with Gasteiger partial charge in [0.15, 0.2) is 11.5 Å². The standard InChI is InChI=1S/C13H13NO6/c1-17-11(15)5-8-6-18-13(16)14(8)9-3-2-4-10-12(9)20-7-19-10/h2-4,8H,5-7H2,1H3/t8-/m0/s1. The van der Waals surface area contributed by atoms with Crippen molar-refractivity contribution in [3.63, 3.8) is 0 Å². The van der Waals surface area contributed by atoms with E-state index in [4.69, 9.17) is 14.2 Å². The number of benzene rings is 1. The number of esters is 1. The lowest BCUT2D eigenvalue weighted by atomic mass is 10.1. The molecule has 0 radical (unpaired) electrons. The van der Waals surface area contributed by atoms with Crippen LogP contribution in [0.25, 0.3) is 0 Å². The minimum absolute atomic E-state index is 0.0623. The highest BCUT2D eigenvalue weighted by atomic mass is 16.7. The highest BCUT2D eigenvalue weighted by Gasteiger charge is 2.38. The van der Waals surface area contributed by atoms with Crippen LogP contribution in [-0.2, 0) is 14.3 Å². The van der Waals surface area contributed by atoms with E-state index in [9.17, 15) is 9.59 Å². The van der Waals surface area contributed by atoms with Crippen LogP contribution in [-0.4, -0.2) is 38.6 Å². The van der Waals surface area contributed by atoms with E-state index in [1.807, 2.05) is 0 Å². The number of para-hydroxylation sites is 1. The van der Waals surface area contributed by atoms with E-state index in [0.717, 1.165) is 0 Å². The second-order valence-corrected chi connectivity index (χ2v) is 4.39. The number of rotatable bonds is 3. The third kappa shape index (κ3) is 2.01. The lowest BCUT2D eigenvalue weighted by molar-refractivity contribution is -0.141. The summed E-state index contributed by atoms with van der Waals surface area (Å²) in [4.78, 5) is 24.7. The van der Waals surface area contributed by atoms with Gasteiger partial charge in [0.05, 0.1) is 25.3 Å². The van der Waals surface area contributed by atoms with Crippen LogP contribution in [0.15, 0.2) is 18.2 Å². The topological polar surface area (TPSA) is 74.3 Å². The summed E-state index contributed by atoms with van der Waals surface area (Å²) in [5, 5.41) is 0. The molecule has 2 aliphatic rings. The third-order valence-corrected chi connectivity index (χ3v) is 3.23. The molecule has 3 rings (SSSR count). The number of carbonyl (C=O) groups excluding carboxylic acids is 2. The van der Waals surface area contributed by atoms with Crippen LogP contribution in [0.3, 0.4) is 0 Å². The van der Waals surface area contributed by atoms with Crippen molar-refractivity contribution in [2.24, 2.45) is 0 Å². The number of cyclic esters (lactones) is 1. The molecular weight excluding hydrogens is 266 g/mol. The van der Waals surface area contributed by atoms with Gasteiger partial charge in [0, 0.05) is 0 Å². The monoisotopic (exact) mass is 279 g/mol. The summed E-state index contributed by atoms with van der Waals surface area (Å²) in [6, 6.07) is 4.82. The minimum atomic E-state index is -0.511. The van der Waals surface area contributed by atoms with Gasteiger partial charge in [0.25, 0.3) is 0 Å². The summed E-state index contributed by atoms with van der Waals surface area (Å²) in [5.74, 6) is 0.656. The average molecular weight is 279 g/mol. The second kappa shape index (κ2) is 4.92. The van der Waals surface area contributed by atoms with Gasteiger partial charge < -0.3 is 18.9 Å². The Kier molecular flexibility index (Phi) is 3.09. The van der Waals surface area contributed by atoms with E-state index in [0.29, 0.717) is 17.2 Å². The fourth-order valence-electron chi connectivity index (χ4n) is 2.29. The molecule has 0 saturated carbocycles. The highest BCUT2D eigenvalue weighted by molar-refractivity contribution is 5.94. The van der Waals surface area contributed by atoms with Crippen molar-refractivity contribution in [3.8, 4) is 11.5 Å². The van der Waals surface area contributed by atoms with Crippen molar-refractivity contribution in [3.05, 3.63) is 18.2 Å². The molecule has 2 heterocycles. The van der Waals surface area contributed by atoms with Crippen LogP contribution < -0.4 is 14.4 Å². The first-order valence-corrected chi connectivity index (χ1v) is 6.12. The van der Waals surface area contributed by atoms with Gasteiger partial charge in [-0.2, -0.15) is 0 Å². The number of hydrogen-bond acceptors (Lipinski definition) is 6. The maximum Gasteiger partial charge on any atom is 0.414 e. The molecule has 0 N–H and O–H groups in total. The molecule has 0 bridgehead atoms. The SMILES string of the molecule is COC(=O)C[C@H]1COC(=O)N1c1cccc2c1OCO2. The Bertz CT molecular complexity index is 558. The Morgan fingerprint density at radius 2 is 2.25 bits per heavy atom. The molecule has 1 amide bonds. The van der Waals surface area contributed by atoms with Gasteiger partial charge in [-0.15, -0.1) is 0 Å². The van der Waals surface area contributed by atoms with Crippen molar-refractivity contribution >= 4 is 17.7 Å². The number of methoxy groups -OCH3 is 1. The maximum atomic E-state index is 11.9. The van der Waals surface area contributed by atoms with Gasteiger partial charge in [-0.3, -0.25) is 9.69 Å². The zero-order valence-corrected chi connectivity index (χ0v) is 10.8. The van der Waals surface area contributed by atoms with Crippen molar-refractivity contribution in [1.82, 2.24) is 0 Å². The molecule has 1 aromatic rings. The fraction of sp³-hybridized carbons (Fsp3) is 0.385. The van der Waals surface area contributed by atoms with E-state index in [1.54, 1.807) is 18.2 Å². The first-order chi connectivity index (χ1) is 9.70. The van der Waals surface area contributed by atoms with E-state index in [2.05, 4.69) is 4.74 Å². The molecular formula is C13H13NO6. The lowest BCUT2D eigenvalue weighted by Gasteiger charge is -2.21. The molecule has 1 atom stereocenters. The molecule has 106 valence electrons. The van der Waals surface area contributed by atoms with Gasteiger partial charge in [0.1, 0.15) is 6.61 Å². The molecule has 20 heavy (non-hydrogen) atoms. The highest BCUT2D eigenvalue weighted by Crippen LogP contribution is 2.43. The van der Waals surface area contributed by atoms with E-state index < -0.39 is 18.1 Å². The van der Waals surface area contributed by atoms with E-state index >= 15 is 0 Å². The second-order valence-electron chi connectivity index (χ2n) is 4.39. The lowest BCUT2D eigenvalue weighted by Crippen LogP contribution is -2.35. The molecule has 1 fully saturated rings. The zero-order chi connectivity index (χ0) is 14.1. The number of fused-ring (bicyclic) bond motifs is 1. The van der Waals surface area contributed by atoms with Crippen molar-refractivity contribution < 1.29 is 28.5 Å². The molecule has 2 aliphatic heterocycles. The molecule has 0 aliphatic carbocycles. The van der Waals surface area contributed by atoms with Crippen molar-refractivity contribution in [1.29, 1.82) is 0 Å². The number of amides is 1.